The molecule has 0 saturated carbocycles. The van der Waals surface area contributed by atoms with Crippen LogP contribution in [0.2, 0.25) is 0 Å². The number of hydrogen-bond donors (Lipinski definition) is 1. The number of hydrogen-bond acceptors (Lipinski definition) is 6. The summed E-state index contributed by atoms with van der Waals surface area (Å²) in [4.78, 5) is 38.7. The van der Waals surface area contributed by atoms with Crippen LogP contribution in [0.3, 0.4) is 0 Å². The van der Waals surface area contributed by atoms with E-state index in [9.17, 15) is 14.4 Å². The number of ether oxygens (including phenoxy) is 3. The number of nitrogens with one attached hydrogen (secondary N) is 1. The molecule has 0 aromatic heterocycles. The Morgan fingerprint density at radius 1 is 0.968 bits per heavy atom. The lowest BCUT2D eigenvalue weighted by molar-refractivity contribution is 0.0635. The largest absolute Gasteiger partial charge is 0.496 e. The summed E-state index contributed by atoms with van der Waals surface area (Å²) in [6.07, 6.45) is 0.569. The molecule has 1 aliphatic rings. The molecule has 1 N–H and O–H groups in total. The van der Waals surface area contributed by atoms with Crippen LogP contribution in [0.5, 0.6) is 11.5 Å². The molecular formula is C24H25NO6. The van der Waals surface area contributed by atoms with Gasteiger partial charge in [-0.05, 0) is 57.5 Å². The maximum absolute atomic E-state index is 13.4. The molecule has 0 heterocycles. The van der Waals surface area contributed by atoms with Crippen LogP contribution < -0.4 is 14.8 Å². The van der Waals surface area contributed by atoms with Crippen molar-refractivity contribution in [1.82, 2.24) is 0 Å². The van der Waals surface area contributed by atoms with Gasteiger partial charge in [-0.15, -0.1) is 0 Å². The maximum Gasteiger partial charge on any atom is 0.412 e. The van der Waals surface area contributed by atoms with Crippen LogP contribution in [-0.4, -0.2) is 37.5 Å². The minimum absolute atomic E-state index is 0.119. The minimum atomic E-state index is -0.705. The third kappa shape index (κ3) is 4.45. The van der Waals surface area contributed by atoms with Gasteiger partial charge in [-0.3, -0.25) is 14.9 Å². The van der Waals surface area contributed by atoms with E-state index in [0.29, 0.717) is 22.7 Å². The van der Waals surface area contributed by atoms with Gasteiger partial charge in [0.2, 0.25) is 0 Å². The van der Waals surface area contributed by atoms with E-state index in [0.717, 1.165) is 5.56 Å². The topological polar surface area (TPSA) is 90.9 Å². The number of aryl methyl sites for hydroxylation is 1. The molecule has 0 bridgehead atoms. The summed E-state index contributed by atoms with van der Waals surface area (Å²) in [6.45, 7) is 7.08. The third-order valence-corrected chi connectivity index (χ3v) is 4.63. The monoisotopic (exact) mass is 423 g/mol. The zero-order chi connectivity index (χ0) is 22.9. The first kappa shape index (κ1) is 22.1. The molecule has 1 aliphatic carbocycles. The Balaban J connectivity index is 2.15. The van der Waals surface area contributed by atoms with Crippen molar-refractivity contribution in [3.05, 3.63) is 58.7 Å². The van der Waals surface area contributed by atoms with Crippen molar-refractivity contribution in [1.29, 1.82) is 0 Å². The van der Waals surface area contributed by atoms with E-state index in [2.05, 4.69) is 5.32 Å². The second-order valence-corrected chi connectivity index (χ2v) is 8.15. The van der Waals surface area contributed by atoms with Gasteiger partial charge in [0.25, 0.3) is 0 Å². The third-order valence-electron chi connectivity index (χ3n) is 4.63. The summed E-state index contributed by atoms with van der Waals surface area (Å²) in [5.74, 6) is -0.0604. The van der Waals surface area contributed by atoms with E-state index < -0.39 is 11.7 Å². The fourth-order valence-corrected chi connectivity index (χ4v) is 3.45. The van der Waals surface area contributed by atoms with Gasteiger partial charge >= 0.3 is 6.09 Å². The van der Waals surface area contributed by atoms with Crippen molar-refractivity contribution in [3.8, 4) is 11.5 Å². The lowest BCUT2D eigenvalue weighted by atomic mass is 9.84. The maximum atomic E-state index is 13.4. The zero-order valence-electron chi connectivity index (χ0n) is 18.4. The summed E-state index contributed by atoms with van der Waals surface area (Å²) >= 11 is 0. The van der Waals surface area contributed by atoms with Crippen LogP contribution in [-0.2, 0) is 4.74 Å². The molecular weight excluding hydrogens is 398 g/mol. The van der Waals surface area contributed by atoms with Gasteiger partial charge in [0.05, 0.1) is 31.0 Å². The van der Waals surface area contributed by atoms with Crippen LogP contribution in [0.15, 0.2) is 36.4 Å². The fourth-order valence-electron chi connectivity index (χ4n) is 3.45. The van der Waals surface area contributed by atoms with E-state index in [1.54, 1.807) is 51.1 Å². The SMILES string of the molecule is COc1cc(C)cc(NC(=O)OC(C)(C)C)c1C1=CC(=O)c2c(OC)cccc2C1=O. The molecule has 7 heteroatoms. The lowest BCUT2D eigenvalue weighted by Crippen LogP contribution is -2.28. The number of allylic oxidation sites excluding steroid dienone is 2. The second-order valence-electron chi connectivity index (χ2n) is 8.15. The average Bonchev–Trinajstić information content (AvgIpc) is 2.68. The molecule has 0 radical (unpaired) electrons. The molecule has 3 rings (SSSR count). The Morgan fingerprint density at radius 3 is 2.26 bits per heavy atom. The smallest absolute Gasteiger partial charge is 0.412 e. The van der Waals surface area contributed by atoms with Crippen LogP contribution in [0, 0.1) is 6.92 Å². The molecule has 2 aromatic carbocycles. The first-order valence-electron chi connectivity index (χ1n) is 9.72. The molecule has 0 spiro atoms. The van der Waals surface area contributed by atoms with Crippen molar-refractivity contribution in [2.24, 2.45) is 0 Å². The average molecular weight is 423 g/mol. The molecule has 0 saturated heterocycles. The van der Waals surface area contributed by atoms with Gasteiger partial charge in [-0.1, -0.05) is 12.1 Å². The van der Waals surface area contributed by atoms with E-state index in [4.69, 9.17) is 14.2 Å². The van der Waals surface area contributed by atoms with Crippen molar-refractivity contribution in [3.63, 3.8) is 0 Å². The van der Waals surface area contributed by atoms with E-state index in [1.165, 1.54) is 20.3 Å². The number of Topliss-reactive ketones (excluding diaryl/α,β-unsaturated/α-hetero) is 1. The molecule has 0 unspecified atom stereocenters. The van der Waals surface area contributed by atoms with Gasteiger partial charge in [-0.25, -0.2) is 4.79 Å². The Labute approximate surface area is 181 Å². The van der Waals surface area contributed by atoms with Crippen LogP contribution in [0.4, 0.5) is 10.5 Å². The summed E-state index contributed by atoms with van der Waals surface area (Å²) in [5.41, 5.74) is 1.27. The summed E-state index contributed by atoms with van der Waals surface area (Å²) in [5, 5.41) is 2.69. The minimum Gasteiger partial charge on any atom is -0.496 e. The number of fused-ring (bicyclic) bond motifs is 1. The number of benzene rings is 2. The Bertz CT molecular complexity index is 1110. The second kappa shape index (κ2) is 8.26. The highest BCUT2D eigenvalue weighted by Crippen LogP contribution is 2.40. The predicted molar refractivity (Wildman–Crippen MR) is 117 cm³/mol. The fraction of sp³-hybridized carbons (Fsp3) is 0.292. The van der Waals surface area contributed by atoms with Crippen molar-refractivity contribution in [2.45, 2.75) is 33.3 Å². The van der Waals surface area contributed by atoms with E-state index in [1.807, 2.05) is 6.92 Å². The normalized spacial score (nSPS) is 13.3. The molecule has 0 aliphatic heterocycles. The standard InChI is InChI=1S/C24H25NO6/c1-13-10-16(25-23(28)31-24(2,3)4)20(19(11-13)30-6)15-12-17(26)21-14(22(15)27)8-7-9-18(21)29-5/h7-12H,1-6H3,(H,25,28). The molecule has 1 amide bonds. The number of rotatable bonds is 4. The summed E-state index contributed by atoms with van der Waals surface area (Å²) < 4.78 is 16.1. The molecule has 0 fully saturated rings. The van der Waals surface area contributed by atoms with Crippen LogP contribution in [0.25, 0.3) is 5.57 Å². The number of methoxy groups -OCH3 is 2. The zero-order valence-corrected chi connectivity index (χ0v) is 18.4. The highest BCUT2D eigenvalue weighted by atomic mass is 16.6. The summed E-state index contributed by atoms with van der Waals surface area (Å²) in [7, 11) is 2.90. The Morgan fingerprint density at radius 2 is 1.65 bits per heavy atom. The van der Waals surface area contributed by atoms with Crippen LogP contribution >= 0.6 is 0 Å². The number of amides is 1. The van der Waals surface area contributed by atoms with Gasteiger partial charge in [-0.2, -0.15) is 0 Å². The van der Waals surface area contributed by atoms with Gasteiger partial charge in [0.15, 0.2) is 11.6 Å². The van der Waals surface area contributed by atoms with Gasteiger partial charge < -0.3 is 14.2 Å². The number of anilines is 1. The quantitative estimate of drug-likeness (QED) is 0.758. The number of carbonyl (C=O) groups is 3. The number of carbonyl (C=O) groups excluding carboxylic acids is 3. The summed E-state index contributed by atoms with van der Waals surface area (Å²) in [6, 6.07) is 8.28. The molecule has 2 aromatic rings. The highest BCUT2D eigenvalue weighted by molar-refractivity contribution is 6.40. The molecule has 31 heavy (non-hydrogen) atoms. The van der Waals surface area contributed by atoms with E-state index in [-0.39, 0.29) is 28.3 Å². The van der Waals surface area contributed by atoms with E-state index >= 15 is 0 Å². The lowest BCUT2D eigenvalue weighted by Gasteiger charge is -2.23. The molecule has 162 valence electrons. The first-order chi connectivity index (χ1) is 14.6. The van der Waals surface area contributed by atoms with Crippen molar-refractivity contribution in [2.75, 3.05) is 19.5 Å². The first-order valence-corrected chi connectivity index (χ1v) is 9.72. The number of ketones is 2. The molecule has 0 atom stereocenters. The predicted octanol–water partition coefficient (Wildman–Crippen LogP) is 4.82. The van der Waals surface area contributed by atoms with Gasteiger partial charge in [0.1, 0.15) is 17.1 Å². The highest BCUT2D eigenvalue weighted by Gasteiger charge is 2.32. The van der Waals surface area contributed by atoms with Crippen LogP contribution in [0.1, 0.15) is 52.6 Å². The Kier molecular flexibility index (Phi) is 5.88. The van der Waals surface area contributed by atoms with Gasteiger partial charge in [0, 0.05) is 11.1 Å². The van der Waals surface area contributed by atoms with Crippen molar-refractivity contribution < 1.29 is 28.6 Å². The Hall–Kier alpha value is -3.61. The van der Waals surface area contributed by atoms with Crippen molar-refractivity contribution >= 4 is 28.9 Å². The molecule has 7 nitrogen and oxygen atoms in total.